The molecule has 5 heteroatoms. The van der Waals surface area contributed by atoms with Gasteiger partial charge in [0.15, 0.2) is 0 Å². The summed E-state index contributed by atoms with van der Waals surface area (Å²) in [4.78, 5) is 15.7. The van der Waals surface area contributed by atoms with Gasteiger partial charge in [0.25, 0.3) is 0 Å². The monoisotopic (exact) mass is 387 g/mol. The average Bonchev–Trinajstić information content (AvgIpc) is 3.02. The minimum absolute atomic E-state index is 0.0601. The summed E-state index contributed by atoms with van der Waals surface area (Å²) in [6, 6.07) is 9.99. The van der Waals surface area contributed by atoms with E-state index in [1.807, 2.05) is 35.2 Å². The molecule has 0 fully saturated rings. The molecule has 1 aliphatic rings. The molecule has 0 saturated carbocycles. The summed E-state index contributed by atoms with van der Waals surface area (Å²) in [5.41, 5.74) is 5.19. The topological polar surface area (TPSA) is 64.9 Å². The van der Waals surface area contributed by atoms with Crippen LogP contribution in [0.1, 0.15) is 59.8 Å². The Labute approximate surface area is 170 Å². The van der Waals surface area contributed by atoms with Crippen LogP contribution in [0.4, 0.5) is 5.69 Å². The highest BCUT2D eigenvalue weighted by Gasteiger charge is 2.40. The van der Waals surface area contributed by atoms with Crippen LogP contribution in [0.5, 0.6) is 0 Å². The van der Waals surface area contributed by atoms with Crippen molar-refractivity contribution in [3.63, 3.8) is 0 Å². The molecule has 0 spiro atoms. The molecule has 0 aromatic heterocycles. The third-order valence-electron chi connectivity index (χ3n) is 5.12. The number of aliphatic hydroxyl groups excluding tert-OH is 1. The number of unbranched alkanes of at least 4 members (excludes halogenated alkanes) is 2. The Kier molecular flexibility index (Phi) is 8.97. The normalized spacial score (nSPS) is 19.0. The fourth-order valence-electron chi connectivity index (χ4n) is 3.85. The summed E-state index contributed by atoms with van der Waals surface area (Å²) in [7, 11) is 0. The van der Waals surface area contributed by atoms with Crippen molar-refractivity contribution in [2.24, 2.45) is 22.9 Å². The number of anilines is 1. The van der Waals surface area contributed by atoms with E-state index in [1.54, 1.807) is 0 Å². The van der Waals surface area contributed by atoms with Crippen LogP contribution in [0, 0.1) is 17.8 Å². The standard InChI is InChI=1S/C23H37N3O2/c1-17(2)15-20-22(21(25-24-20)16-18(3)4)23(28)26(13-9-6-10-14-27)19-11-7-5-8-12-19/h5,7-8,11-12,17-18,20,22,24,27H,6,9-10,13-16H2,1-4H3. The molecule has 1 heterocycles. The lowest BCUT2D eigenvalue weighted by atomic mass is 9.85. The van der Waals surface area contributed by atoms with Crippen molar-refractivity contribution in [1.29, 1.82) is 0 Å². The van der Waals surface area contributed by atoms with E-state index >= 15 is 0 Å². The predicted molar refractivity (Wildman–Crippen MR) is 116 cm³/mol. The summed E-state index contributed by atoms with van der Waals surface area (Å²) >= 11 is 0. The molecule has 2 atom stereocenters. The number of hydrogen-bond acceptors (Lipinski definition) is 4. The molecule has 28 heavy (non-hydrogen) atoms. The Morgan fingerprint density at radius 3 is 2.43 bits per heavy atom. The first-order chi connectivity index (χ1) is 13.4. The smallest absolute Gasteiger partial charge is 0.238 e. The van der Waals surface area contributed by atoms with Crippen LogP contribution in [0.15, 0.2) is 35.4 Å². The molecular weight excluding hydrogens is 350 g/mol. The molecule has 0 bridgehead atoms. The summed E-state index contributed by atoms with van der Waals surface area (Å²) in [5, 5.41) is 13.6. The summed E-state index contributed by atoms with van der Waals surface area (Å²) < 4.78 is 0. The number of aliphatic hydroxyl groups is 1. The first kappa shape index (κ1) is 22.4. The minimum atomic E-state index is -0.206. The summed E-state index contributed by atoms with van der Waals surface area (Å²) in [6.45, 7) is 9.59. The predicted octanol–water partition coefficient (Wildman–Crippen LogP) is 4.22. The van der Waals surface area contributed by atoms with Gasteiger partial charge in [0.2, 0.25) is 5.91 Å². The number of amides is 1. The maximum atomic E-state index is 13.7. The molecule has 2 rings (SSSR count). The van der Waals surface area contributed by atoms with E-state index in [9.17, 15) is 4.79 Å². The van der Waals surface area contributed by atoms with Gasteiger partial charge < -0.3 is 15.4 Å². The number of para-hydroxylation sites is 1. The number of hydrogen-bond donors (Lipinski definition) is 2. The van der Waals surface area contributed by atoms with E-state index in [-0.39, 0.29) is 24.5 Å². The van der Waals surface area contributed by atoms with Crippen molar-refractivity contribution in [3.8, 4) is 0 Å². The second-order valence-corrected chi connectivity index (χ2v) is 8.65. The molecule has 1 aliphatic heterocycles. The highest BCUT2D eigenvalue weighted by Crippen LogP contribution is 2.28. The second-order valence-electron chi connectivity index (χ2n) is 8.65. The number of hydrazone groups is 1. The van der Waals surface area contributed by atoms with Crippen molar-refractivity contribution >= 4 is 17.3 Å². The van der Waals surface area contributed by atoms with E-state index in [0.717, 1.165) is 43.5 Å². The largest absolute Gasteiger partial charge is 0.396 e. The van der Waals surface area contributed by atoms with E-state index in [4.69, 9.17) is 5.11 Å². The molecule has 156 valence electrons. The van der Waals surface area contributed by atoms with E-state index in [1.165, 1.54) is 0 Å². The zero-order chi connectivity index (χ0) is 20.5. The van der Waals surface area contributed by atoms with Gasteiger partial charge in [-0.25, -0.2) is 0 Å². The highest BCUT2D eigenvalue weighted by atomic mass is 16.2. The molecule has 5 nitrogen and oxygen atoms in total. The lowest BCUT2D eigenvalue weighted by molar-refractivity contribution is -0.121. The van der Waals surface area contributed by atoms with Crippen LogP contribution < -0.4 is 10.3 Å². The van der Waals surface area contributed by atoms with Crippen molar-refractivity contribution in [3.05, 3.63) is 30.3 Å². The van der Waals surface area contributed by atoms with E-state index in [2.05, 4.69) is 38.2 Å². The molecular formula is C23H37N3O2. The van der Waals surface area contributed by atoms with Gasteiger partial charge in [-0.1, -0.05) is 45.9 Å². The van der Waals surface area contributed by atoms with Crippen molar-refractivity contribution in [2.75, 3.05) is 18.1 Å². The Morgan fingerprint density at radius 2 is 1.82 bits per heavy atom. The molecule has 2 unspecified atom stereocenters. The number of rotatable bonds is 11. The van der Waals surface area contributed by atoms with Gasteiger partial charge in [0.1, 0.15) is 5.92 Å². The number of carbonyl (C=O) groups excluding carboxylic acids is 1. The molecule has 1 aromatic rings. The lowest BCUT2D eigenvalue weighted by Crippen LogP contribution is -2.46. The SMILES string of the molecule is CC(C)CC1=NNC(CC(C)C)C1C(=O)N(CCCCCO)c1ccccc1. The molecule has 0 aliphatic carbocycles. The Hall–Kier alpha value is -1.88. The van der Waals surface area contributed by atoms with Gasteiger partial charge in [-0.05, 0) is 56.1 Å². The van der Waals surface area contributed by atoms with Crippen molar-refractivity contribution in [1.82, 2.24) is 5.43 Å². The number of carbonyl (C=O) groups is 1. The summed E-state index contributed by atoms with van der Waals surface area (Å²) in [6.07, 6.45) is 4.34. The van der Waals surface area contributed by atoms with Crippen molar-refractivity contribution < 1.29 is 9.90 Å². The molecule has 1 amide bonds. The molecule has 0 radical (unpaired) electrons. The van der Waals surface area contributed by atoms with Crippen LogP contribution in [-0.4, -0.2) is 35.9 Å². The van der Waals surface area contributed by atoms with Gasteiger partial charge in [-0.15, -0.1) is 0 Å². The lowest BCUT2D eigenvalue weighted by Gasteiger charge is -2.30. The third-order valence-corrected chi connectivity index (χ3v) is 5.12. The zero-order valence-electron chi connectivity index (χ0n) is 17.9. The fraction of sp³-hybridized carbons (Fsp3) is 0.652. The van der Waals surface area contributed by atoms with Gasteiger partial charge in [0.05, 0.1) is 11.8 Å². The van der Waals surface area contributed by atoms with Crippen LogP contribution in [0.25, 0.3) is 0 Å². The van der Waals surface area contributed by atoms with Crippen LogP contribution >= 0.6 is 0 Å². The zero-order valence-corrected chi connectivity index (χ0v) is 17.9. The first-order valence-corrected chi connectivity index (χ1v) is 10.7. The number of nitrogens with zero attached hydrogens (tertiary/aromatic N) is 2. The van der Waals surface area contributed by atoms with E-state index < -0.39 is 0 Å². The van der Waals surface area contributed by atoms with Crippen molar-refractivity contribution in [2.45, 2.75) is 65.8 Å². The number of nitrogens with one attached hydrogen (secondary N) is 1. The summed E-state index contributed by atoms with van der Waals surface area (Å²) in [5.74, 6) is 0.896. The molecule has 0 saturated heterocycles. The fourth-order valence-corrected chi connectivity index (χ4v) is 3.85. The van der Waals surface area contributed by atoms with E-state index in [0.29, 0.717) is 18.4 Å². The van der Waals surface area contributed by atoms with Gasteiger partial charge >= 0.3 is 0 Å². The third kappa shape index (κ3) is 6.33. The average molecular weight is 388 g/mol. The second kappa shape index (κ2) is 11.2. The maximum Gasteiger partial charge on any atom is 0.238 e. The molecule has 1 aromatic carbocycles. The van der Waals surface area contributed by atoms with Gasteiger partial charge in [0, 0.05) is 18.8 Å². The maximum absolute atomic E-state index is 13.7. The minimum Gasteiger partial charge on any atom is -0.396 e. The van der Waals surface area contributed by atoms with Crippen LogP contribution in [-0.2, 0) is 4.79 Å². The Morgan fingerprint density at radius 1 is 1.11 bits per heavy atom. The van der Waals surface area contributed by atoms with Crippen LogP contribution in [0.3, 0.4) is 0 Å². The Bertz CT molecular complexity index is 628. The molecule has 2 N–H and O–H groups in total. The van der Waals surface area contributed by atoms with Crippen LogP contribution in [0.2, 0.25) is 0 Å². The first-order valence-electron chi connectivity index (χ1n) is 10.7. The number of benzene rings is 1. The highest BCUT2D eigenvalue weighted by molar-refractivity contribution is 6.11. The van der Waals surface area contributed by atoms with Gasteiger partial charge in [-0.3, -0.25) is 4.79 Å². The Balaban J connectivity index is 2.25. The quantitative estimate of drug-likeness (QED) is 0.559. The van der Waals surface area contributed by atoms with Gasteiger partial charge in [-0.2, -0.15) is 5.10 Å².